The first-order valence-electron chi connectivity index (χ1n) is 11.3. The first-order chi connectivity index (χ1) is 17.0. The summed E-state index contributed by atoms with van der Waals surface area (Å²) in [7, 11) is 0. The molecule has 6 N–H and O–H groups in total. The van der Waals surface area contributed by atoms with Gasteiger partial charge in [-0.15, -0.1) is 0 Å². The molecule has 1 unspecified atom stereocenters. The topological polar surface area (TPSA) is 158 Å². The van der Waals surface area contributed by atoms with Crippen LogP contribution in [-0.4, -0.2) is 17.6 Å². The fraction of sp³-hybridized carbons (Fsp3) is 0.231. The summed E-state index contributed by atoms with van der Waals surface area (Å²) < 4.78 is 6.15. The number of nitrogen functional groups attached to an aromatic ring is 2. The maximum atomic E-state index is 9.62. The summed E-state index contributed by atoms with van der Waals surface area (Å²) in [6.07, 6.45) is 3.76. The first-order valence-corrected chi connectivity index (χ1v) is 11.3. The lowest BCUT2D eigenvalue weighted by Gasteiger charge is -2.27. The Balaban J connectivity index is 1.93. The van der Waals surface area contributed by atoms with Gasteiger partial charge in [-0.2, -0.15) is 10.5 Å². The number of nitriles is 2. The minimum atomic E-state index is -0.690. The van der Waals surface area contributed by atoms with Gasteiger partial charge < -0.3 is 21.5 Å². The van der Waals surface area contributed by atoms with Gasteiger partial charge >= 0.3 is 0 Å². The van der Waals surface area contributed by atoms with Crippen LogP contribution in [0, 0.1) is 29.7 Å². The fourth-order valence-corrected chi connectivity index (χ4v) is 3.95. The van der Waals surface area contributed by atoms with Crippen LogP contribution in [0.2, 0.25) is 0 Å². The molecule has 3 aromatic rings. The van der Waals surface area contributed by atoms with E-state index in [9.17, 15) is 10.5 Å². The molecule has 0 radical (unpaired) electrons. The molecule has 0 aliphatic carbocycles. The molecule has 0 bridgehead atoms. The van der Waals surface area contributed by atoms with E-state index in [-0.39, 0.29) is 23.0 Å². The van der Waals surface area contributed by atoms with Crippen molar-refractivity contribution < 1.29 is 4.74 Å². The van der Waals surface area contributed by atoms with Gasteiger partial charge in [-0.3, -0.25) is 5.32 Å². The maximum Gasteiger partial charge on any atom is 0.211 e. The number of benzene rings is 2. The number of aromatic nitrogens is 1. The Morgan fingerprint density at radius 2 is 1.86 bits per heavy atom. The van der Waals surface area contributed by atoms with Crippen LogP contribution in [0.5, 0.6) is 5.75 Å². The molecule has 9 nitrogen and oxygen atoms in total. The van der Waals surface area contributed by atoms with E-state index in [1.165, 1.54) is 0 Å². The van der Waals surface area contributed by atoms with Gasteiger partial charge in [0.15, 0.2) is 6.19 Å². The second-order valence-electron chi connectivity index (χ2n) is 8.22. The Bertz CT molecular complexity index is 1370. The second-order valence-corrected chi connectivity index (χ2v) is 8.22. The van der Waals surface area contributed by atoms with Crippen LogP contribution in [0.4, 0.5) is 17.3 Å². The van der Waals surface area contributed by atoms with Crippen molar-refractivity contribution in [2.45, 2.75) is 32.7 Å². The van der Waals surface area contributed by atoms with Gasteiger partial charge in [0.05, 0.1) is 12.3 Å². The number of nitrogens with one attached hydrogen (secondary N) is 2. The van der Waals surface area contributed by atoms with Crippen molar-refractivity contribution in [3.05, 3.63) is 64.7 Å². The van der Waals surface area contributed by atoms with E-state index in [2.05, 4.69) is 46.8 Å². The SMILES string of the molecule is CCCCOc1ccc(-c2ccc(C)cc2)cc1C1N=C(NC#N)Nc2nc(N)c(C#N)c(N)c21. The van der Waals surface area contributed by atoms with E-state index >= 15 is 0 Å². The summed E-state index contributed by atoms with van der Waals surface area (Å²) in [6, 6.07) is 15.5. The highest BCUT2D eigenvalue weighted by atomic mass is 16.5. The molecule has 0 saturated heterocycles. The number of guanidine groups is 1. The lowest BCUT2D eigenvalue weighted by Crippen LogP contribution is -2.33. The van der Waals surface area contributed by atoms with Crippen molar-refractivity contribution in [3.63, 3.8) is 0 Å². The summed E-state index contributed by atoms with van der Waals surface area (Å²) in [5, 5.41) is 24.3. The molecule has 0 amide bonds. The fourth-order valence-electron chi connectivity index (χ4n) is 3.95. The average molecular weight is 467 g/mol. The van der Waals surface area contributed by atoms with Crippen molar-refractivity contribution >= 4 is 23.3 Å². The largest absolute Gasteiger partial charge is 0.493 e. The van der Waals surface area contributed by atoms with Gasteiger partial charge in [0, 0.05) is 11.1 Å². The molecule has 0 saturated carbocycles. The molecule has 0 fully saturated rings. The highest BCUT2D eigenvalue weighted by Crippen LogP contribution is 2.44. The van der Waals surface area contributed by atoms with Gasteiger partial charge in [0.1, 0.15) is 35.1 Å². The molecule has 35 heavy (non-hydrogen) atoms. The Morgan fingerprint density at radius 1 is 1.11 bits per heavy atom. The normalized spacial score (nSPS) is 14.1. The van der Waals surface area contributed by atoms with Gasteiger partial charge in [0.25, 0.3) is 0 Å². The molecule has 9 heteroatoms. The lowest BCUT2D eigenvalue weighted by molar-refractivity contribution is 0.305. The number of rotatable bonds is 6. The molecule has 1 aliphatic rings. The minimum Gasteiger partial charge on any atom is -0.493 e. The molecular formula is C26H26N8O. The van der Waals surface area contributed by atoms with E-state index in [1.807, 2.05) is 37.4 Å². The first kappa shape index (κ1) is 23.4. The van der Waals surface area contributed by atoms with Crippen molar-refractivity contribution in [1.29, 1.82) is 10.5 Å². The zero-order valence-corrected chi connectivity index (χ0v) is 19.6. The van der Waals surface area contributed by atoms with Gasteiger partial charge in [-0.1, -0.05) is 49.2 Å². The smallest absolute Gasteiger partial charge is 0.211 e. The monoisotopic (exact) mass is 466 g/mol. The number of hydrogen-bond donors (Lipinski definition) is 4. The standard InChI is InChI=1S/C26H26N8O/c1-3-4-11-35-20-10-9-17(16-7-5-15(2)6-8-16)12-18(20)23-21-22(29)19(13-27)24(30)33-25(21)34-26(32-23)31-14-28/h5-10,12,23H,3-4,11H2,1-2H3,(H6,29,30,31,32,33,34). The van der Waals surface area contributed by atoms with Crippen LogP contribution in [0.25, 0.3) is 11.1 Å². The van der Waals surface area contributed by atoms with Crippen molar-refractivity contribution in [3.8, 4) is 29.1 Å². The Labute approximate surface area is 204 Å². The van der Waals surface area contributed by atoms with Crippen molar-refractivity contribution in [2.75, 3.05) is 23.4 Å². The van der Waals surface area contributed by atoms with Crippen molar-refractivity contribution in [2.24, 2.45) is 4.99 Å². The number of nitrogens with zero attached hydrogens (tertiary/aromatic N) is 4. The number of pyridine rings is 1. The number of fused-ring (bicyclic) bond motifs is 1. The number of unbranched alkanes of at least 4 members (excludes halogenated alkanes) is 1. The third-order valence-electron chi connectivity index (χ3n) is 5.80. The Morgan fingerprint density at radius 3 is 2.54 bits per heavy atom. The summed E-state index contributed by atoms with van der Waals surface area (Å²) in [6.45, 7) is 4.67. The zero-order valence-electron chi connectivity index (χ0n) is 19.6. The molecule has 2 aromatic carbocycles. The van der Waals surface area contributed by atoms with E-state index in [0.29, 0.717) is 23.7 Å². The number of ether oxygens (including phenoxy) is 1. The van der Waals surface area contributed by atoms with E-state index in [1.54, 1.807) is 0 Å². The minimum absolute atomic E-state index is 0.000956. The molecule has 176 valence electrons. The number of hydrogen-bond acceptors (Lipinski definition) is 9. The van der Waals surface area contributed by atoms with E-state index in [4.69, 9.17) is 21.2 Å². The van der Waals surface area contributed by atoms with Crippen LogP contribution < -0.4 is 26.8 Å². The Kier molecular flexibility index (Phi) is 6.70. The van der Waals surface area contributed by atoms with Gasteiger partial charge in [-0.05, 0) is 36.6 Å². The van der Waals surface area contributed by atoms with Crippen LogP contribution in [0.1, 0.15) is 48.1 Å². The number of nitrogens with two attached hydrogens (primary N) is 2. The molecule has 1 aliphatic heterocycles. The van der Waals surface area contributed by atoms with Crippen LogP contribution in [-0.2, 0) is 0 Å². The summed E-state index contributed by atoms with van der Waals surface area (Å²) in [5.41, 5.74) is 17.1. The van der Waals surface area contributed by atoms with Gasteiger partial charge in [0.2, 0.25) is 5.96 Å². The maximum absolute atomic E-state index is 9.62. The third-order valence-corrected chi connectivity index (χ3v) is 5.80. The zero-order chi connectivity index (χ0) is 24.9. The molecular weight excluding hydrogens is 440 g/mol. The predicted octanol–water partition coefficient (Wildman–Crippen LogP) is 4.21. The highest BCUT2D eigenvalue weighted by molar-refractivity contribution is 5.98. The average Bonchev–Trinajstić information content (AvgIpc) is 2.85. The summed E-state index contributed by atoms with van der Waals surface area (Å²) in [4.78, 5) is 9.05. The molecule has 0 spiro atoms. The molecule has 1 atom stereocenters. The van der Waals surface area contributed by atoms with Crippen LogP contribution >= 0.6 is 0 Å². The number of anilines is 3. The Hall–Kier alpha value is -4.76. The second kappa shape index (κ2) is 10.0. The molecule has 1 aromatic heterocycles. The number of aryl methyl sites for hydroxylation is 1. The van der Waals surface area contributed by atoms with Crippen molar-refractivity contribution in [1.82, 2.24) is 10.3 Å². The summed E-state index contributed by atoms with van der Waals surface area (Å²) >= 11 is 0. The highest BCUT2D eigenvalue weighted by Gasteiger charge is 2.31. The quantitative estimate of drug-likeness (QED) is 0.239. The van der Waals surface area contributed by atoms with Gasteiger partial charge in [-0.25, -0.2) is 9.98 Å². The van der Waals surface area contributed by atoms with E-state index < -0.39 is 6.04 Å². The van der Waals surface area contributed by atoms with Crippen LogP contribution in [0.3, 0.4) is 0 Å². The third kappa shape index (κ3) is 4.66. The molecule has 4 rings (SSSR count). The predicted molar refractivity (Wildman–Crippen MR) is 136 cm³/mol. The summed E-state index contributed by atoms with van der Waals surface area (Å²) in [5.74, 6) is 1.17. The van der Waals surface area contributed by atoms with Crippen LogP contribution in [0.15, 0.2) is 47.5 Å². The van der Waals surface area contributed by atoms with E-state index in [0.717, 1.165) is 35.1 Å². The lowest BCUT2D eigenvalue weighted by atomic mass is 9.92. The number of aliphatic imine (C=N–C) groups is 1. The molecule has 2 heterocycles.